The van der Waals surface area contributed by atoms with Crippen LogP contribution in [0.1, 0.15) is 58.1 Å². The summed E-state index contributed by atoms with van der Waals surface area (Å²) in [5.74, 6) is 1.73. The van der Waals surface area contributed by atoms with E-state index in [4.69, 9.17) is 0 Å². The van der Waals surface area contributed by atoms with E-state index in [1.165, 1.54) is 44.3 Å². The van der Waals surface area contributed by atoms with Gasteiger partial charge >= 0.3 is 0 Å². The molecule has 3 nitrogen and oxygen atoms in total. The van der Waals surface area contributed by atoms with Gasteiger partial charge in [-0.2, -0.15) is 0 Å². The maximum atomic E-state index is 4.58. The second-order valence-electron chi connectivity index (χ2n) is 6.26. The van der Waals surface area contributed by atoms with Crippen LogP contribution in [0.4, 0.5) is 5.82 Å². The van der Waals surface area contributed by atoms with E-state index in [0.717, 1.165) is 12.4 Å². The third-order valence-corrected chi connectivity index (χ3v) is 4.00. The molecule has 0 amide bonds. The Labute approximate surface area is 123 Å². The third kappa shape index (κ3) is 3.95. The highest BCUT2D eigenvalue weighted by molar-refractivity contribution is 5.45. The molecule has 1 saturated heterocycles. The fraction of sp³-hybridized carbons (Fsp3) is 0.706. The molecule has 0 aromatic carbocycles. The zero-order chi connectivity index (χ0) is 14.4. The van der Waals surface area contributed by atoms with Crippen LogP contribution in [-0.4, -0.2) is 29.5 Å². The molecule has 3 heteroatoms. The Bertz CT molecular complexity index is 401. The monoisotopic (exact) mass is 275 g/mol. The Morgan fingerprint density at radius 2 is 2.25 bits per heavy atom. The second-order valence-corrected chi connectivity index (χ2v) is 6.26. The normalized spacial score (nSPS) is 20.3. The van der Waals surface area contributed by atoms with Crippen LogP contribution in [0.15, 0.2) is 18.3 Å². The molecule has 1 aromatic heterocycles. The highest BCUT2D eigenvalue weighted by atomic mass is 15.2. The van der Waals surface area contributed by atoms with Crippen molar-refractivity contribution in [2.45, 2.75) is 52.5 Å². The van der Waals surface area contributed by atoms with Crippen molar-refractivity contribution in [1.82, 2.24) is 9.88 Å². The molecule has 1 fully saturated rings. The van der Waals surface area contributed by atoms with Gasteiger partial charge in [-0.25, -0.2) is 4.98 Å². The van der Waals surface area contributed by atoms with Gasteiger partial charge in [-0.1, -0.05) is 33.3 Å². The Morgan fingerprint density at radius 1 is 1.40 bits per heavy atom. The van der Waals surface area contributed by atoms with Crippen LogP contribution in [-0.2, 0) is 0 Å². The highest BCUT2D eigenvalue weighted by Crippen LogP contribution is 2.34. The molecule has 2 rings (SSSR count). The van der Waals surface area contributed by atoms with Crippen LogP contribution >= 0.6 is 0 Å². The van der Waals surface area contributed by atoms with Crippen molar-refractivity contribution in [2.75, 3.05) is 25.0 Å². The summed E-state index contributed by atoms with van der Waals surface area (Å²) in [5, 5.41) is 3.53. The van der Waals surface area contributed by atoms with Gasteiger partial charge in [0.05, 0.1) is 0 Å². The summed E-state index contributed by atoms with van der Waals surface area (Å²) in [5.41, 5.74) is 1.39. The Hall–Kier alpha value is -1.09. The Balaban J connectivity index is 2.16. The van der Waals surface area contributed by atoms with E-state index in [-0.39, 0.29) is 0 Å². The first-order valence-corrected chi connectivity index (χ1v) is 8.15. The van der Waals surface area contributed by atoms with Gasteiger partial charge in [0.25, 0.3) is 0 Å². The first kappa shape index (κ1) is 15.3. The van der Waals surface area contributed by atoms with E-state index < -0.39 is 0 Å². The molecule has 0 saturated carbocycles. The molecule has 1 N–H and O–H groups in total. The molecule has 1 aliphatic rings. The summed E-state index contributed by atoms with van der Waals surface area (Å²) in [4.78, 5) is 7.22. The standard InChI is InChI=1S/C17H29N3/c1-4-11-20-12-6-5-9-16(20)15-8-7-10-18-17(15)19-13-14(2)3/h7-8,10,14,16H,4-6,9,11-13H2,1-3H3,(H,18,19). The lowest BCUT2D eigenvalue weighted by atomic mass is 9.95. The Morgan fingerprint density at radius 3 is 3.00 bits per heavy atom. The SMILES string of the molecule is CCCN1CCCCC1c1cccnc1NCC(C)C. The zero-order valence-corrected chi connectivity index (χ0v) is 13.2. The predicted octanol–water partition coefficient (Wildman–Crippen LogP) is 4.09. The van der Waals surface area contributed by atoms with Crippen LogP contribution in [0, 0.1) is 5.92 Å². The molecule has 1 unspecified atom stereocenters. The predicted molar refractivity (Wildman–Crippen MR) is 86.0 cm³/mol. The molecular formula is C17H29N3. The summed E-state index contributed by atoms with van der Waals surface area (Å²) in [6.45, 7) is 10.2. The summed E-state index contributed by atoms with van der Waals surface area (Å²) in [6, 6.07) is 4.88. The number of rotatable bonds is 6. The number of piperidine rings is 1. The van der Waals surface area contributed by atoms with Gasteiger partial charge in [-0.05, 0) is 44.3 Å². The maximum absolute atomic E-state index is 4.58. The van der Waals surface area contributed by atoms with E-state index in [1.54, 1.807) is 0 Å². The van der Waals surface area contributed by atoms with Crippen molar-refractivity contribution >= 4 is 5.82 Å². The average Bonchev–Trinajstić information content (AvgIpc) is 2.46. The molecule has 0 spiro atoms. The van der Waals surface area contributed by atoms with E-state index >= 15 is 0 Å². The second kappa shape index (κ2) is 7.63. The minimum atomic E-state index is 0.548. The molecule has 1 aliphatic heterocycles. The van der Waals surface area contributed by atoms with Crippen molar-refractivity contribution in [3.63, 3.8) is 0 Å². The lowest BCUT2D eigenvalue weighted by molar-refractivity contribution is 0.149. The van der Waals surface area contributed by atoms with Gasteiger partial charge in [0.15, 0.2) is 0 Å². The number of aromatic nitrogens is 1. The molecule has 2 heterocycles. The van der Waals surface area contributed by atoms with E-state index in [9.17, 15) is 0 Å². The fourth-order valence-corrected chi connectivity index (χ4v) is 3.03. The molecular weight excluding hydrogens is 246 g/mol. The lowest BCUT2D eigenvalue weighted by Gasteiger charge is -2.36. The Kier molecular flexibility index (Phi) is 5.84. The molecule has 1 aromatic rings. The number of anilines is 1. The van der Waals surface area contributed by atoms with Crippen LogP contribution in [0.2, 0.25) is 0 Å². The minimum Gasteiger partial charge on any atom is -0.370 e. The molecule has 0 bridgehead atoms. The third-order valence-electron chi connectivity index (χ3n) is 4.00. The molecule has 112 valence electrons. The largest absolute Gasteiger partial charge is 0.370 e. The van der Waals surface area contributed by atoms with Crippen molar-refractivity contribution in [3.05, 3.63) is 23.9 Å². The zero-order valence-electron chi connectivity index (χ0n) is 13.2. The van der Waals surface area contributed by atoms with Crippen molar-refractivity contribution in [2.24, 2.45) is 5.92 Å². The maximum Gasteiger partial charge on any atom is 0.130 e. The average molecular weight is 275 g/mol. The van der Waals surface area contributed by atoms with Crippen LogP contribution < -0.4 is 5.32 Å². The highest BCUT2D eigenvalue weighted by Gasteiger charge is 2.25. The van der Waals surface area contributed by atoms with E-state index in [0.29, 0.717) is 12.0 Å². The van der Waals surface area contributed by atoms with Gasteiger partial charge in [0, 0.05) is 24.3 Å². The van der Waals surface area contributed by atoms with Gasteiger partial charge in [-0.3, -0.25) is 4.90 Å². The summed E-state index contributed by atoms with van der Waals surface area (Å²) in [6.07, 6.45) is 7.07. The van der Waals surface area contributed by atoms with Crippen LogP contribution in [0.25, 0.3) is 0 Å². The van der Waals surface area contributed by atoms with Crippen molar-refractivity contribution in [1.29, 1.82) is 0 Å². The number of nitrogens with one attached hydrogen (secondary N) is 1. The number of pyridine rings is 1. The molecule has 20 heavy (non-hydrogen) atoms. The number of hydrogen-bond donors (Lipinski definition) is 1. The fourth-order valence-electron chi connectivity index (χ4n) is 3.03. The van der Waals surface area contributed by atoms with E-state index in [2.05, 4.69) is 48.1 Å². The topological polar surface area (TPSA) is 28.2 Å². The number of likely N-dealkylation sites (tertiary alicyclic amines) is 1. The summed E-state index contributed by atoms with van der Waals surface area (Å²) < 4.78 is 0. The van der Waals surface area contributed by atoms with Crippen molar-refractivity contribution < 1.29 is 0 Å². The minimum absolute atomic E-state index is 0.548. The molecule has 1 atom stereocenters. The van der Waals surface area contributed by atoms with Gasteiger partial charge in [0.2, 0.25) is 0 Å². The van der Waals surface area contributed by atoms with Gasteiger partial charge in [0.1, 0.15) is 5.82 Å². The smallest absolute Gasteiger partial charge is 0.130 e. The first-order chi connectivity index (χ1) is 9.72. The quantitative estimate of drug-likeness (QED) is 0.847. The molecule has 0 aliphatic carbocycles. The number of nitrogens with zero attached hydrogens (tertiary/aromatic N) is 2. The van der Waals surface area contributed by atoms with Gasteiger partial charge in [-0.15, -0.1) is 0 Å². The van der Waals surface area contributed by atoms with Crippen LogP contribution in [0.3, 0.4) is 0 Å². The first-order valence-electron chi connectivity index (χ1n) is 8.15. The summed E-state index contributed by atoms with van der Waals surface area (Å²) in [7, 11) is 0. The lowest BCUT2D eigenvalue weighted by Crippen LogP contribution is -2.34. The van der Waals surface area contributed by atoms with E-state index in [1.807, 2.05) is 6.20 Å². The summed E-state index contributed by atoms with van der Waals surface area (Å²) >= 11 is 0. The number of hydrogen-bond acceptors (Lipinski definition) is 3. The van der Waals surface area contributed by atoms with Gasteiger partial charge < -0.3 is 5.32 Å². The van der Waals surface area contributed by atoms with Crippen LogP contribution in [0.5, 0.6) is 0 Å². The molecule has 0 radical (unpaired) electrons. The van der Waals surface area contributed by atoms with Crippen molar-refractivity contribution in [3.8, 4) is 0 Å².